The zero-order chi connectivity index (χ0) is 19.1. The van der Waals surface area contributed by atoms with Crippen LogP contribution in [0.2, 0.25) is 5.02 Å². The normalized spacial score (nSPS) is 18.9. The number of carbonyl (C=O) groups is 2. The number of rotatable bonds is 9. The molecular formula is C18H26ClN3O4. The Morgan fingerprint density at radius 2 is 2.08 bits per heavy atom. The van der Waals surface area contributed by atoms with Gasteiger partial charge < -0.3 is 20.5 Å². The van der Waals surface area contributed by atoms with E-state index in [1.165, 1.54) is 0 Å². The Morgan fingerprint density at radius 3 is 2.65 bits per heavy atom. The molecule has 0 radical (unpaired) electrons. The summed E-state index contributed by atoms with van der Waals surface area (Å²) in [6, 6.07) is 5.08. The van der Waals surface area contributed by atoms with Gasteiger partial charge in [-0.25, -0.2) is 4.79 Å². The molecule has 0 bridgehead atoms. The molecule has 1 aromatic carbocycles. The predicted octanol–water partition coefficient (Wildman–Crippen LogP) is 3.19. The number of nitrogens with zero attached hydrogens (tertiary/aromatic N) is 1. The molecule has 0 spiro atoms. The standard InChI is InChI=1S/C18H26ClN3O4/c1-3-7-26-16-6-5-12(10-15(16)19)20-18(25)21-13-8-14(9-13)22(4-2)11-17(23)24/h5-6,10,13-14H,3-4,7-9,11H2,1-2H3,(H,23,24)(H2,20,21,25). The van der Waals surface area contributed by atoms with Crippen molar-refractivity contribution in [3.63, 3.8) is 0 Å². The van der Waals surface area contributed by atoms with Crippen molar-refractivity contribution in [1.82, 2.24) is 10.2 Å². The van der Waals surface area contributed by atoms with Crippen LogP contribution < -0.4 is 15.4 Å². The summed E-state index contributed by atoms with van der Waals surface area (Å²) in [5.74, 6) is -0.233. The minimum atomic E-state index is -0.829. The van der Waals surface area contributed by atoms with E-state index in [-0.39, 0.29) is 24.7 Å². The van der Waals surface area contributed by atoms with Gasteiger partial charge in [0.25, 0.3) is 0 Å². The summed E-state index contributed by atoms with van der Waals surface area (Å²) in [4.78, 5) is 24.9. The minimum absolute atomic E-state index is 0.0328. The van der Waals surface area contributed by atoms with Crippen molar-refractivity contribution in [3.8, 4) is 5.75 Å². The Balaban J connectivity index is 1.78. The molecule has 8 heteroatoms. The molecule has 1 aliphatic rings. The Morgan fingerprint density at radius 1 is 1.35 bits per heavy atom. The fraction of sp³-hybridized carbons (Fsp3) is 0.556. The van der Waals surface area contributed by atoms with Crippen molar-refractivity contribution < 1.29 is 19.4 Å². The molecule has 0 unspecified atom stereocenters. The van der Waals surface area contributed by atoms with Crippen LogP contribution in [0.1, 0.15) is 33.1 Å². The van der Waals surface area contributed by atoms with Gasteiger partial charge in [0.1, 0.15) is 5.75 Å². The Bertz CT molecular complexity index is 635. The highest BCUT2D eigenvalue weighted by atomic mass is 35.5. The molecule has 1 fully saturated rings. The highest BCUT2D eigenvalue weighted by molar-refractivity contribution is 6.32. The van der Waals surface area contributed by atoms with E-state index in [2.05, 4.69) is 10.6 Å². The van der Waals surface area contributed by atoms with Crippen LogP contribution in [0.5, 0.6) is 5.75 Å². The molecular weight excluding hydrogens is 358 g/mol. The van der Waals surface area contributed by atoms with Crippen LogP contribution in [-0.4, -0.2) is 53.8 Å². The Kier molecular flexibility index (Phi) is 7.53. The number of urea groups is 1. The quantitative estimate of drug-likeness (QED) is 0.609. The zero-order valence-electron chi connectivity index (χ0n) is 15.1. The van der Waals surface area contributed by atoms with Gasteiger partial charge in [-0.2, -0.15) is 0 Å². The molecule has 7 nitrogen and oxygen atoms in total. The second kappa shape index (κ2) is 9.64. The number of carboxylic acid groups (broad SMARTS) is 1. The molecule has 26 heavy (non-hydrogen) atoms. The summed E-state index contributed by atoms with van der Waals surface area (Å²) >= 11 is 6.15. The summed E-state index contributed by atoms with van der Waals surface area (Å²) < 4.78 is 5.50. The molecule has 0 aromatic heterocycles. The zero-order valence-corrected chi connectivity index (χ0v) is 15.9. The number of likely N-dealkylation sites (N-methyl/N-ethyl adjacent to an activating group) is 1. The van der Waals surface area contributed by atoms with Gasteiger partial charge in [0, 0.05) is 17.8 Å². The molecule has 2 amide bonds. The van der Waals surface area contributed by atoms with Crippen LogP contribution in [0.15, 0.2) is 18.2 Å². The number of ether oxygens (including phenoxy) is 1. The van der Waals surface area contributed by atoms with Crippen LogP contribution in [0.4, 0.5) is 10.5 Å². The van der Waals surface area contributed by atoms with Crippen LogP contribution in [-0.2, 0) is 4.79 Å². The largest absolute Gasteiger partial charge is 0.492 e. The third kappa shape index (κ3) is 5.78. The molecule has 1 aromatic rings. The molecule has 2 rings (SSSR count). The lowest BCUT2D eigenvalue weighted by molar-refractivity contribution is -0.139. The van der Waals surface area contributed by atoms with Crippen molar-refractivity contribution in [2.45, 2.75) is 45.2 Å². The number of hydrogen-bond donors (Lipinski definition) is 3. The van der Waals surface area contributed by atoms with Crippen molar-refractivity contribution in [1.29, 1.82) is 0 Å². The number of anilines is 1. The van der Waals surface area contributed by atoms with Gasteiger partial charge in [0.05, 0.1) is 18.2 Å². The number of benzene rings is 1. The van der Waals surface area contributed by atoms with Crippen molar-refractivity contribution in [2.75, 3.05) is 25.0 Å². The lowest BCUT2D eigenvalue weighted by Gasteiger charge is -2.42. The van der Waals surface area contributed by atoms with E-state index in [4.69, 9.17) is 21.4 Å². The first-order valence-electron chi connectivity index (χ1n) is 8.88. The van der Waals surface area contributed by atoms with E-state index in [0.29, 0.717) is 29.6 Å². The highest BCUT2D eigenvalue weighted by Gasteiger charge is 2.34. The third-order valence-electron chi connectivity index (χ3n) is 4.36. The van der Waals surface area contributed by atoms with Crippen LogP contribution in [0, 0.1) is 0 Å². The average Bonchev–Trinajstić information content (AvgIpc) is 2.55. The SMILES string of the molecule is CCCOc1ccc(NC(=O)NC2CC(N(CC)CC(=O)O)C2)cc1Cl. The maximum absolute atomic E-state index is 12.1. The van der Waals surface area contributed by atoms with E-state index in [1.54, 1.807) is 18.2 Å². The number of nitrogens with one attached hydrogen (secondary N) is 2. The smallest absolute Gasteiger partial charge is 0.319 e. The summed E-state index contributed by atoms with van der Waals surface area (Å²) in [5.41, 5.74) is 0.591. The first-order chi connectivity index (χ1) is 12.4. The maximum atomic E-state index is 12.1. The number of amides is 2. The molecule has 3 N–H and O–H groups in total. The summed E-state index contributed by atoms with van der Waals surface area (Å²) in [6.07, 6.45) is 2.39. The van der Waals surface area contributed by atoms with Gasteiger partial charge in [0.2, 0.25) is 0 Å². The number of aliphatic carboxylic acids is 1. The van der Waals surface area contributed by atoms with Crippen LogP contribution in [0.3, 0.4) is 0 Å². The van der Waals surface area contributed by atoms with Gasteiger partial charge >= 0.3 is 12.0 Å². The minimum Gasteiger partial charge on any atom is -0.492 e. The third-order valence-corrected chi connectivity index (χ3v) is 4.66. The van der Waals surface area contributed by atoms with Crippen molar-refractivity contribution in [2.24, 2.45) is 0 Å². The van der Waals surface area contributed by atoms with E-state index >= 15 is 0 Å². The second-order valence-corrected chi connectivity index (χ2v) is 6.78. The van der Waals surface area contributed by atoms with Crippen molar-refractivity contribution >= 4 is 29.3 Å². The average molecular weight is 384 g/mol. The monoisotopic (exact) mass is 383 g/mol. The molecule has 144 valence electrons. The van der Waals surface area contributed by atoms with Crippen LogP contribution >= 0.6 is 11.6 Å². The van der Waals surface area contributed by atoms with Gasteiger partial charge in [-0.1, -0.05) is 25.4 Å². The molecule has 0 heterocycles. The second-order valence-electron chi connectivity index (χ2n) is 6.37. The lowest BCUT2D eigenvalue weighted by atomic mass is 9.85. The van der Waals surface area contributed by atoms with Crippen molar-refractivity contribution in [3.05, 3.63) is 23.2 Å². The highest BCUT2D eigenvalue weighted by Crippen LogP contribution is 2.28. The Labute approximate surface area is 158 Å². The van der Waals surface area contributed by atoms with E-state index in [9.17, 15) is 9.59 Å². The lowest BCUT2D eigenvalue weighted by Crippen LogP contribution is -2.55. The number of hydrogen-bond acceptors (Lipinski definition) is 4. The summed E-state index contributed by atoms with van der Waals surface area (Å²) in [5, 5.41) is 15.0. The molecule has 0 aliphatic heterocycles. The van der Waals surface area contributed by atoms with E-state index < -0.39 is 5.97 Å². The molecule has 1 aliphatic carbocycles. The first kappa shape index (κ1) is 20.3. The molecule has 0 atom stereocenters. The Hall–Kier alpha value is -1.99. The summed E-state index contributed by atoms with van der Waals surface area (Å²) in [7, 11) is 0. The number of carbonyl (C=O) groups excluding carboxylic acids is 1. The summed E-state index contributed by atoms with van der Waals surface area (Å²) in [6.45, 7) is 5.26. The van der Waals surface area contributed by atoms with Gasteiger partial charge in [0.15, 0.2) is 0 Å². The topological polar surface area (TPSA) is 90.9 Å². The van der Waals surface area contributed by atoms with Gasteiger partial charge in [-0.05, 0) is 44.0 Å². The number of halogens is 1. The molecule has 0 saturated heterocycles. The van der Waals surface area contributed by atoms with Crippen LogP contribution in [0.25, 0.3) is 0 Å². The van der Waals surface area contributed by atoms with E-state index in [1.807, 2.05) is 18.7 Å². The number of carboxylic acids is 1. The fourth-order valence-corrected chi connectivity index (χ4v) is 3.17. The maximum Gasteiger partial charge on any atom is 0.319 e. The molecule has 1 saturated carbocycles. The van der Waals surface area contributed by atoms with Gasteiger partial charge in [-0.3, -0.25) is 9.69 Å². The first-order valence-corrected chi connectivity index (χ1v) is 9.26. The van der Waals surface area contributed by atoms with Gasteiger partial charge in [-0.15, -0.1) is 0 Å². The predicted molar refractivity (Wildman–Crippen MR) is 101 cm³/mol. The fourth-order valence-electron chi connectivity index (χ4n) is 2.94. The van der Waals surface area contributed by atoms with E-state index in [0.717, 1.165) is 19.3 Å².